The van der Waals surface area contributed by atoms with Crippen LogP contribution in [0.25, 0.3) is 10.9 Å². The van der Waals surface area contributed by atoms with Gasteiger partial charge in [0.05, 0.1) is 5.52 Å². The van der Waals surface area contributed by atoms with Crippen LogP contribution in [-0.2, 0) is 0 Å². The maximum absolute atomic E-state index is 5.97. The number of nitrogens with two attached hydrogens (primary N) is 1. The molecule has 3 heteroatoms. The Morgan fingerprint density at radius 3 is 3.11 bits per heavy atom. The van der Waals surface area contributed by atoms with Gasteiger partial charge in [-0.25, -0.2) is 0 Å². The molecule has 1 saturated heterocycles. The molecule has 1 aliphatic heterocycles. The topological polar surface area (TPSA) is 42.1 Å². The maximum Gasteiger partial charge on any atom is 0.0702 e. The molecule has 2 N–H and O–H groups in total. The Kier molecular flexibility index (Phi) is 3.49. The van der Waals surface area contributed by atoms with E-state index in [0.717, 1.165) is 18.6 Å². The molecule has 2 atom stereocenters. The van der Waals surface area contributed by atoms with E-state index in [2.05, 4.69) is 41.2 Å². The van der Waals surface area contributed by atoms with Gasteiger partial charge in [-0.3, -0.25) is 9.88 Å². The van der Waals surface area contributed by atoms with Gasteiger partial charge in [-0.1, -0.05) is 12.1 Å². The van der Waals surface area contributed by atoms with Crippen molar-refractivity contribution in [3.63, 3.8) is 0 Å². The van der Waals surface area contributed by atoms with Crippen molar-refractivity contribution in [3.05, 3.63) is 42.1 Å². The number of benzene rings is 1. The molecule has 0 amide bonds. The predicted octanol–water partition coefficient (Wildman–Crippen LogP) is 2.58. The molecule has 3 nitrogen and oxygen atoms in total. The van der Waals surface area contributed by atoms with Crippen molar-refractivity contribution in [2.45, 2.75) is 18.9 Å². The summed E-state index contributed by atoms with van der Waals surface area (Å²) >= 11 is 0. The van der Waals surface area contributed by atoms with Gasteiger partial charge < -0.3 is 5.73 Å². The van der Waals surface area contributed by atoms with E-state index >= 15 is 0 Å². The highest BCUT2D eigenvalue weighted by Gasteiger charge is 2.29. The molecule has 1 aliphatic rings. The van der Waals surface area contributed by atoms with Crippen LogP contribution in [0, 0.1) is 5.92 Å². The van der Waals surface area contributed by atoms with Gasteiger partial charge >= 0.3 is 0 Å². The number of aromatic nitrogens is 1. The Balaban J connectivity index is 2.01. The Hall–Kier alpha value is -1.45. The molecule has 0 aliphatic carbocycles. The van der Waals surface area contributed by atoms with E-state index in [4.69, 9.17) is 5.73 Å². The molecular formula is C16H21N3. The second kappa shape index (κ2) is 5.27. The minimum Gasteiger partial charge on any atom is -0.330 e. The third-order valence-corrected chi connectivity index (χ3v) is 4.28. The summed E-state index contributed by atoms with van der Waals surface area (Å²) in [6.45, 7) is 1.92. The first-order valence-corrected chi connectivity index (χ1v) is 7.04. The first-order chi connectivity index (χ1) is 9.29. The van der Waals surface area contributed by atoms with Crippen molar-refractivity contribution in [2.75, 3.05) is 20.1 Å². The number of hydrogen-bond donors (Lipinski definition) is 1. The van der Waals surface area contributed by atoms with Gasteiger partial charge in [0.15, 0.2) is 0 Å². The molecule has 1 aromatic heterocycles. The van der Waals surface area contributed by atoms with E-state index in [1.807, 2.05) is 12.3 Å². The molecule has 100 valence electrons. The van der Waals surface area contributed by atoms with Crippen molar-refractivity contribution in [1.29, 1.82) is 0 Å². The Labute approximate surface area is 114 Å². The summed E-state index contributed by atoms with van der Waals surface area (Å²) in [7, 11) is 2.21. The van der Waals surface area contributed by atoms with Crippen LogP contribution in [-0.4, -0.2) is 30.0 Å². The first-order valence-electron chi connectivity index (χ1n) is 7.04. The molecule has 1 aromatic carbocycles. The molecule has 0 saturated carbocycles. The molecule has 2 heterocycles. The summed E-state index contributed by atoms with van der Waals surface area (Å²) < 4.78 is 0. The Bertz CT molecular complexity index is 567. The van der Waals surface area contributed by atoms with Crippen LogP contribution in [0.4, 0.5) is 0 Å². The first kappa shape index (κ1) is 12.6. The second-order valence-electron chi connectivity index (χ2n) is 5.52. The minimum atomic E-state index is 0.448. The number of hydrogen-bond acceptors (Lipinski definition) is 3. The van der Waals surface area contributed by atoms with Gasteiger partial charge in [0.25, 0.3) is 0 Å². The number of fused-ring (bicyclic) bond motifs is 1. The zero-order valence-electron chi connectivity index (χ0n) is 11.4. The molecule has 3 rings (SSSR count). The van der Waals surface area contributed by atoms with Gasteiger partial charge in [-0.15, -0.1) is 0 Å². The maximum atomic E-state index is 5.97. The number of pyridine rings is 1. The fraction of sp³-hybridized carbons (Fsp3) is 0.438. The Morgan fingerprint density at radius 1 is 1.37 bits per heavy atom. The number of nitrogens with zero attached hydrogens (tertiary/aromatic N) is 2. The number of piperidine rings is 1. The van der Waals surface area contributed by atoms with Crippen LogP contribution in [0.15, 0.2) is 36.5 Å². The van der Waals surface area contributed by atoms with Gasteiger partial charge in [0.2, 0.25) is 0 Å². The smallest absolute Gasteiger partial charge is 0.0702 e. The molecule has 1 fully saturated rings. The summed E-state index contributed by atoms with van der Waals surface area (Å²) in [5, 5.41) is 1.22. The van der Waals surface area contributed by atoms with Gasteiger partial charge in [0, 0.05) is 17.6 Å². The minimum absolute atomic E-state index is 0.448. The highest BCUT2D eigenvalue weighted by atomic mass is 15.1. The summed E-state index contributed by atoms with van der Waals surface area (Å²) in [6, 6.07) is 11.2. The Morgan fingerprint density at radius 2 is 2.26 bits per heavy atom. The monoisotopic (exact) mass is 255 g/mol. The standard InChI is InChI=1S/C16H21N3/c1-19-9-3-5-14(11-17)16(19)13-6-7-15-12(10-13)4-2-8-18-15/h2,4,6-8,10,14,16H,3,5,9,11,17H2,1H3. The zero-order chi connectivity index (χ0) is 13.2. The van der Waals surface area contributed by atoms with Gasteiger partial charge in [-0.2, -0.15) is 0 Å². The van der Waals surface area contributed by atoms with Gasteiger partial charge in [-0.05, 0) is 62.7 Å². The summed E-state index contributed by atoms with van der Waals surface area (Å²) in [4.78, 5) is 6.83. The predicted molar refractivity (Wildman–Crippen MR) is 78.9 cm³/mol. The molecule has 0 spiro atoms. The van der Waals surface area contributed by atoms with Gasteiger partial charge in [0.1, 0.15) is 0 Å². The molecule has 0 bridgehead atoms. The second-order valence-corrected chi connectivity index (χ2v) is 5.52. The highest BCUT2D eigenvalue weighted by molar-refractivity contribution is 5.79. The van der Waals surface area contributed by atoms with Crippen molar-refractivity contribution in [3.8, 4) is 0 Å². The van der Waals surface area contributed by atoms with Crippen LogP contribution < -0.4 is 5.73 Å². The average molecular weight is 255 g/mol. The molecule has 2 aromatic rings. The van der Waals surface area contributed by atoms with Crippen LogP contribution >= 0.6 is 0 Å². The lowest BCUT2D eigenvalue weighted by atomic mass is 9.84. The highest BCUT2D eigenvalue weighted by Crippen LogP contribution is 2.35. The average Bonchev–Trinajstić information content (AvgIpc) is 2.46. The van der Waals surface area contributed by atoms with E-state index in [1.54, 1.807) is 0 Å². The zero-order valence-corrected chi connectivity index (χ0v) is 11.4. The van der Waals surface area contributed by atoms with E-state index < -0.39 is 0 Å². The summed E-state index contributed by atoms with van der Waals surface area (Å²) in [6.07, 6.45) is 4.33. The summed E-state index contributed by atoms with van der Waals surface area (Å²) in [5.74, 6) is 0.563. The van der Waals surface area contributed by atoms with Crippen molar-refractivity contribution < 1.29 is 0 Å². The quantitative estimate of drug-likeness (QED) is 0.897. The largest absolute Gasteiger partial charge is 0.330 e. The van der Waals surface area contributed by atoms with Crippen LogP contribution in [0.5, 0.6) is 0 Å². The lowest BCUT2D eigenvalue weighted by Gasteiger charge is -2.39. The van der Waals surface area contributed by atoms with E-state index in [9.17, 15) is 0 Å². The van der Waals surface area contributed by atoms with Crippen molar-refractivity contribution in [1.82, 2.24) is 9.88 Å². The SMILES string of the molecule is CN1CCCC(CN)C1c1ccc2ncccc2c1. The summed E-state index contributed by atoms with van der Waals surface area (Å²) in [5.41, 5.74) is 8.40. The third-order valence-electron chi connectivity index (χ3n) is 4.28. The normalized spacial score (nSPS) is 24.7. The van der Waals surface area contributed by atoms with Crippen molar-refractivity contribution >= 4 is 10.9 Å². The van der Waals surface area contributed by atoms with Crippen LogP contribution in [0.2, 0.25) is 0 Å². The molecule has 2 unspecified atom stereocenters. The molecule has 19 heavy (non-hydrogen) atoms. The third kappa shape index (κ3) is 2.36. The van der Waals surface area contributed by atoms with Crippen molar-refractivity contribution in [2.24, 2.45) is 11.7 Å². The number of likely N-dealkylation sites (tertiary alicyclic amines) is 1. The molecule has 0 radical (unpaired) electrons. The van der Waals surface area contributed by atoms with Crippen LogP contribution in [0.3, 0.4) is 0 Å². The van der Waals surface area contributed by atoms with E-state index in [1.165, 1.54) is 23.8 Å². The molecular weight excluding hydrogens is 234 g/mol. The fourth-order valence-corrected chi connectivity index (χ4v) is 3.31. The lowest BCUT2D eigenvalue weighted by molar-refractivity contribution is 0.125. The van der Waals surface area contributed by atoms with Crippen LogP contribution in [0.1, 0.15) is 24.4 Å². The van der Waals surface area contributed by atoms with E-state index in [-0.39, 0.29) is 0 Å². The fourth-order valence-electron chi connectivity index (χ4n) is 3.31. The number of rotatable bonds is 2. The lowest BCUT2D eigenvalue weighted by Crippen LogP contribution is -2.39. The van der Waals surface area contributed by atoms with E-state index in [0.29, 0.717) is 12.0 Å².